The van der Waals surface area contributed by atoms with Crippen LogP contribution in [0, 0.1) is 0 Å². The normalized spacial score (nSPS) is 12.9. The van der Waals surface area contributed by atoms with E-state index in [-0.39, 0.29) is 12.2 Å². The lowest BCUT2D eigenvalue weighted by atomic mass is 10.0. The van der Waals surface area contributed by atoms with Crippen LogP contribution in [0.1, 0.15) is 181 Å². The van der Waals surface area contributed by atoms with Crippen molar-refractivity contribution in [3.05, 3.63) is 48.6 Å². The van der Waals surface area contributed by atoms with E-state index in [1.807, 2.05) is 4.90 Å². The van der Waals surface area contributed by atoms with E-state index in [9.17, 15) is 4.79 Å². The number of unbranched alkanes of at least 4 members (excludes halogenated alkanes) is 17. The van der Waals surface area contributed by atoms with Crippen LogP contribution in [-0.4, -0.2) is 55.7 Å². The fourth-order valence-electron chi connectivity index (χ4n) is 5.71. The highest BCUT2D eigenvalue weighted by atomic mass is 16.6. The van der Waals surface area contributed by atoms with Gasteiger partial charge < -0.3 is 14.5 Å². The first-order valence-electron chi connectivity index (χ1n) is 20.2. The molecule has 0 aromatic carbocycles. The SMILES string of the molecule is CCCC/C=C/C/C=C\CCCCCCCC(CCCCCCCCC/C=C\C/C=C\CCCCC)OC(=O)N(CC)CCN(C)C. The number of hydrogen-bond acceptors (Lipinski definition) is 3. The lowest BCUT2D eigenvalue weighted by Crippen LogP contribution is -2.38. The molecule has 47 heavy (non-hydrogen) atoms. The van der Waals surface area contributed by atoms with Crippen LogP contribution >= 0.6 is 0 Å². The number of allylic oxidation sites excluding steroid dienone is 8. The van der Waals surface area contributed by atoms with Crippen molar-refractivity contribution in [2.24, 2.45) is 0 Å². The summed E-state index contributed by atoms with van der Waals surface area (Å²) in [5.74, 6) is 0. The summed E-state index contributed by atoms with van der Waals surface area (Å²) >= 11 is 0. The minimum absolute atomic E-state index is 0.0576. The number of ether oxygens (including phenoxy) is 1. The van der Waals surface area contributed by atoms with E-state index in [4.69, 9.17) is 4.74 Å². The Morgan fingerprint density at radius 2 is 0.915 bits per heavy atom. The molecule has 0 heterocycles. The maximum Gasteiger partial charge on any atom is 0.410 e. The zero-order valence-electron chi connectivity index (χ0n) is 32.2. The molecular formula is C43H80N2O2. The second-order valence-electron chi connectivity index (χ2n) is 13.8. The summed E-state index contributed by atoms with van der Waals surface area (Å²) in [4.78, 5) is 17.0. The molecule has 0 aromatic heterocycles. The van der Waals surface area contributed by atoms with Gasteiger partial charge in [-0.2, -0.15) is 0 Å². The molecule has 0 aliphatic rings. The van der Waals surface area contributed by atoms with Gasteiger partial charge in [-0.1, -0.05) is 140 Å². The molecule has 4 heteroatoms. The summed E-state index contributed by atoms with van der Waals surface area (Å²) < 4.78 is 6.12. The molecular weight excluding hydrogens is 576 g/mol. The van der Waals surface area contributed by atoms with Gasteiger partial charge in [-0.3, -0.25) is 0 Å². The van der Waals surface area contributed by atoms with Gasteiger partial charge in [-0.15, -0.1) is 0 Å². The molecule has 0 fully saturated rings. The molecule has 0 saturated heterocycles. The Balaban J connectivity index is 4.22. The summed E-state index contributed by atoms with van der Waals surface area (Å²) in [6, 6.07) is 0. The Bertz CT molecular complexity index is 770. The molecule has 1 unspecified atom stereocenters. The first-order chi connectivity index (χ1) is 23.0. The minimum atomic E-state index is -0.122. The van der Waals surface area contributed by atoms with Crippen molar-refractivity contribution >= 4 is 6.09 Å². The zero-order valence-corrected chi connectivity index (χ0v) is 32.2. The van der Waals surface area contributed by atoms with Gasteiger partial charge in [0.05, 0.1) is 0 Å². The van der Waals surface area contributed by atoms with Crippen LogP contribution in [0.4, 0.5) is 4.79 Å². The summed E-state index contributed by atoms with van der Waals surface area (Å²) in [6.07, 6.45) is 49.4. The Hall–Kier alpha value is -1.81. The Labute approximate surface area is 294 Å². The molecule has 0 saturated carbocycles. The Kier molecular flexibility index (Phi) is 35.6. The van der Waals surface area contributed by atoms with Crippen LogP contribution in [0.25, 0.3) is 0 Å². The van der Waals surface area contributed by atoms with Crippen LogP contribution in [0.5, 0.6) is 0 Å². The summed E-state index contributed by atoms with van der Waals surface area (Å²) in [5, 5.41) is 0. The maximum atomic E-state index is 13.0. The molecule has 0 rings (SSSR count). The van der Waals surface area contributed by atoms with Crippen molar-refractivity contribution in [3.63, 3.8) is 0 Å². The van der Waals surface area contributed by atoms with Gasteiger partial charge in [-0.25, -0.2) is 4.79 Å². The van der Waals surface area contributed by atoms with E-state index in [1.54, 1.807) is 0 Å². The minimum Gasteiger partial charge on any atom is -0.446 e. The van der Waals surface area contributed by atoms with Gasteiger partial charge in [0.25, 0.3) is 0 Å². The highest BCUT2D eigenvalue weighted by Gasteiger charge is 2.19. The quantitative estimate of drug-likeness (QED) is 0.0510. The standard InChI is InChI=1S/C43H80N2O2/c1-6-9-11-13-15-17-19-21-23-24-25-27-29-31-33-35-37-39-42(47-43(46)45(8-3)41-40-44(4)5)38-36-34-32-30-28-26-22-20-18-16-14-12-10-7-2/h14-17,20-23,42H,6-13,18-19,24-41H2,1-5H3/b16-14+,17-15-,22-20-,23-21-. The van der Waals surface area contributed by atoms with E-state index in [1.165, 1.54) is 122 Å². The van der Waals surface area contributed by atoms with E-state index in [2.05, 4.69) is 88.4 Å². The number of rotatable bonds is 34. The van der Waals surface area contributed by atoms with Crippen LogP contribution < -0.4 is 0 Å². The number of amides is 1. The molecule has 0 spiro atoms. The van der Waals surface area contributed by atoms with Crippen LogP contribution in [0.3, 0.4) is 0 Å². The predicted octanol–water partition coefficient (Wildman–Crippen LogP) is 13.4. The number of carbonyl (C=O) groups excluding carboxylic acids is 1. The van der Waals surface area contributed by atoms with E-state index in [0.29, 0.717) is 6.54 Å². The van der Waals surface area contributed by atoms with Crippen molar-refractivity contribution in [1.29, 1.82) is 0 Å². The molecule has 0 radical (unpaired) electrons. The van der Waals surface area contributed by atoms with Crippen molar-refractivity contribution in [1.82, 2.24) is 9.80 Å². The van der Waals surface area contributed by atoms with Crippen molar-refractivity contribution in [2.75, 3.05) is 33.7 Å². The molecule has 0 aromatic rings. The van der Waals surface area contributed by atoms with Gasteiger partial charge in [0.15, 0.2) is 0 Å². The molecule has 274 valence electrons. The fourth-order valence-corrected chi connectivity index (χ4v) is 5.71. The summed E-state index contributed by atoms with van der Waals surface area (Å²) in [6.45, 7) is 8.86. The smallest absolute Gasteiger partial charge is 0.410 e. The van der Waals surface area contributed by atoms with Crippen molar-refractivity contribution in [2.45, 2.75) is 187 Å². The van der Waals surface area contributed by atoms with Crippen molar-refractivity contribution in [3.8, 4) is 0 Å². The first kappa shape index (κ1) is 45.2. The second-order valence-corrected chi connectivity index (χ2v) is 13.8. The third-order valence-electron chi connectivity index (χ3n) is 8.93. The van der Waals surface area contributed by atoms with Crippen LogP contribution in [0.15, 0.2) is 48.6 Å². The largest absolute Gasteiger partial charge is 0.446 e. The van der Waals surface area contributed by atoms with Crippen LogP contribution in [0.2, 0.25) is 0 Å². The number of hydrogen-bond donors (Lipinski definition) is 0. The van der Waals surface area contributed by atoms with E-state index >= 15 is 0 Å². The molecule has 0 bridgehead atoms. The topological polar surface area (TPSA) is 32.8 Å². The van der Waals surface area contributed by atoms with Crippen LogP contribution in [-0.2, 0) is 4.74 Å². The predicted molar refractivity (Wildman–Crippen MR) is 209 cm³/mol. The summed E-state index contributed by atoms with van der Waals surface area (Å²) in [7, 11) is 4.11. The number of likely N-dealkylation sites (N-methyl/N-ethyl adjacent to an activating group) is 2. The van der Waals surface area contributed by atoms with Gasteiger partial charge in [0.2, 0.25) is 0 Å². The lowest BCUT2D eigenvalue weighted by Gasteiger charge is -2.26. The molecule has 1 amide bonds. The first-order valence-corrected chi connectivity index (χ1v) is 20.2. The third-order valence-corrected chi connectivity index (χ3v) is 8.93. The highest BCUT2D eigenvalue weighted by Crippen LogP contribution is 2.18. The Morgan fingerprint density at radius 1 is 0.511 bits per heavy atom. The van der Waals surface area contributed by atoms with Gasteiger partial charge in [0.1, 0.15) is 6.10 Å². The summed E-state index contributed by atoms with van der Waals surface area (Å²) in [5.41, 5.74) is 0. The average molecular weight is 657 g/mol. The molecule has 4 nitrogen and oxygen atoms in total. The second kappa shape index (κ2) is 37.0. The van der Waals surface area contributed by atoms with Gasteiger partial charge in [-0.05, 0) is 104 Å². The van der Waals surface area contributed by atoms with E-state index in [0.717, 1.165) is 51.6 Å². The molecule has 1 atom stereocenters. The zero-order chi connectivity index (χ0) is 34.5. The molecule has 0 aliphatic carbocycles. The monoisotopic (exact) mass is 657 g/mol. The lowest BCUT2D eigenvalue weighted by molar-refractivity contribution is 0.0524. The molecule has 0 aliphatic heterocycles. The number of carbonyl (C=O) groups is 1. The maximum absolute atomic E-state index is 13.0. The highest BCUT2D eigenvalue weighted by molar-refractivity contribution is 5.67. The third kappa shape index (κ3) is 33.9. The van der Waals surface area contributed by atoms with Gasteiger partial charge >= 0.3 is 6.09 Å². The van der Waals surface area contributed by atoms with Crippen molar-refractivity contribution < 1.29 is 9.53 Å². The van der Waals surface area contributed by atoms with E-state index < -0.39 is 0 Å². The van der Waals surface area contributed by atoms with Gasteiger partial charge in [0, 0.05) is 19.6 Å². The average Bonchev–Trinajstić information content (AvgIpc) is 3.06. The Morgan fingerprint density at radius 3 is 1.34 bits per heavy atom. The fraction of sp³-hybridized carbons (Fsp3) is 0.791. The molecule has 0 N–H and O–H groups in total. The number of nitrogens with zero attached hydrogens (tertiary/aromatic N) is 2.